The van der Waals surface area contributed by atoms with Gasteiger partial charge in [0.1, 0.15) is 5.69 Å². The third kappa shape index (κ3) is 2.23. The van der Waals surface area contributed by atoms with Gasteiger partial charge >= 0.3 is 0 Å². The second kappa shape index (κ2) is 4.62. The fraction of sp³-hybridized carbons (Fsp3) is 0. The van der Waals surface area contributed by atoms with E-state index < -0.39 is 0 Å². The van der Waals surface area contributed by atoms with Crippen molar-refractivity contribution in [3.8, 4) is 0 Å². The second-order valence-electron chi connectivity index (χ2n) is 3.78. The van der Waals surface area contributed by atoms with E-state index in [4.69, 9.17) is 5.73 Å². The van der Waals surface area contributed by atoms with E-state index in [0.29, 0.717) is 16.0 Å². The highest BCUT2D eigenvalue weighted by Crippen LogP contribution is 2.20. The van der Waals surface area contributed by atoms with Gasteiger partial charge in [-0.15, -0.1) is 10.2 Å². The lowest BCUT2D eigenvalue weighted by Gasteiger charge is -2.04. The van der Waals surface area contributed by atoms with Gasteiger partial charge in [0, 0.05) is 11.6 Å². The van der Waals surface area contributed by atoms with Crippen LogP contribution in [0.1, 0.15) is 10.5 Å². The lowest BCUT2D eigenvalue weighted by Crippen LogP contribution is -2.13. The summed E-state index contributed by atoms with van der Waals surface area (Å²) in [5, 5.41) is 12.4. The second-order valence-corrected chi connectivity index (χ2v) is 4.79. The van der Waals surface area contributed by atoms with Crippen molar-refractivity contribution in [3.05, 3.63) is 42.2 Å². The summed E-state index contributed by atoms with van der Waals surface area (Å²) in [6, 6.07) is 9.41. The number of hydrogen-bond acceptors (Lipinski definition) is 6. The van der Waals surface area contributed by atoms with Crippen LogP contribution in [-0.2, 0) is 0 Å². The van der Waals surface area contributed by atoms with Crippen LogP contribution in [0.15, 0.2) is 36.5 Å². The van der Waals surface area contributed by atoms with E-state index in [9.17, 15) is 4.79 Å². The molecule has 6 nitrogen and oxygen atoms in total. The molecule has 0 saturated heterocycles. The third-order valence-electron chi connectivity index (χ3n) is 2.55. The van der Waals surface area contributed by atoms with Gasteiger partial charge in [-0.3, -0.25) is 15.1 Å². The summed E-state index contributed by atoms with van der Waals surface area (Å²) in [7, 11) is 0. The molecule has 19 heavy (non-hydrogen) atoms. The summed E-state index contributed by atoms with van der Waals surface area (Å²) >= 11 is 1.11. The van der Waals surface area contributed by atoms with Gasteiger partial charge in [0.15, 0.2) is 0 Å². The average Bonchev–Trinajstić information content (AvgIpc) is 2.83. The zero-order valence-corrected chi connectivity index (χ0v) is 10.5. The fourth-order valence-corrected chi connectivity index (χ4v) is 2.25. The number of nitrogens with zero attached hydrogens (tertiary/aromatic N) is 3. The Morgan fingerprint density at radius 2 is 2.05 bits per heavy atom. The molecular formula is C12H9N5OS. The summed E-state index contributed by atoms with van der Waals surface area (Å²) in [5.74, 6) is -0.326. The van der Waals surface area contributed by atoms with Gasteiger partial charge in [-0.05, 0) is 11.5 Å². The summed E-state index contributed by atoms with van der Waals surface area (Å²) < 4.78 is 0. The molecule has 0 fully saturated rings. The number of pyridine rings is 1. The number of nitrogens with two attached hydrogens (primary N) is 1. The number of anilines is 2. The number of fused-ring (bicyclic) bond motifs is 1. The van der Waals surface area contributed by atoms with Crippen LogP contribution >= 0.6 is 11.3 Å². The number of benzene rings is 1. The Balaban J connectivity index is 1.97. The zero-order chi connectivity index (χ0) is 13.2. The summed E-state index contributed by atoms with van der Waals surface area (Å²) in [6.45, 7) is 0. The number of rotatable bonds is 2. The van der Waals surface area contributed by atoms with Crippen molar-refractivity contribution >= 4 is 38.3 Å². The number of aromatic nitrogens is 3. The first-order valence-electron chi connectivity index (χ1n) is 5.48. The van der Waals surface area contributed by atoms with E-state index in [1.54, 1.807) is 6.20 Å². The number of amides is 1. The maximum Gasteiger partial charge on any atom is 0.276 e. The first kappa shape index (κ1) is 11.5. The molecule has 0 aliphatic heterocycles. The number of carbonyl (C=O) groups is 1. The van der Waals surface area contributed by atoms with Crippen molar-refractivity contribution < 1.29 is 4.79 Å². The topological polar surface area (TPSA) is 93.8 Å². The molecule has 0 aliphatic rings. The number of nitrogen functional groups attached to an aromatic ring is 1. The predicted octanol–water partition coefficient (Wildman–Crippen LogP) is 1.92. The van der Waals surface area contributed by atoms with Crippen LogP contribution in [-0.4, -0.2) is 21.1 Å². The molecule has 2 aromatic heterocycles. The summed E-state index contributed by atoms with van der Waals surface area (Å²) in [5.41, 5.74) is 5.82. The lowest BCUT2D eigenvalue weighted by molar-refractivity contribution is 0.102. The Hall–Kier alpha value is -2.54. The number of nitrogens with one attached hydrogen (secondary N) is 1. The number of hydrogen-bond donors (Lipinski definition) is 2. The van der Waals surface area contributed by atoms with Crippen molar-refractivity contribution in [2.75, 3.05) is 11.1 Å². The Bertz CT molecular complexity index is 749. The maximum absolute atomic E-state index is 12.2. The molecule has 7 heteroatoms. The largest absolute Gasteiger partial charge is 0.374 e. The van der Waals surface area contributed by atoms with E-state index in [2.05, 4.69) is 20.5 Å². The molecule has 1 aromatic carbocycles. The molecule has 94 valence electrons. The smallest absolute Gasteiger partial charge is 0.276 e. The van der Waals surface area contributed by atoms with Crippen molar-refractivity contribution in [3.63, 3.8) is 0 Å². The minimum Gasteiger partial charge on any atom is -0.374 e. The van der Waals surface area contributed by atoms with Crippen molar-refractivity contribution in [1.29, 1.82) is 0 Å². The monoisotopic (exact) mass is 271 g/mol. The highest BCUT2D eigenvalue weighted by molar-refractivity contribution is 7.19. The first-order chi connectivity index (χ1) is 9.24. The molecule has 3 N–H and O–H groups in total. The molecule has 1 amide bonds. The zero-order valence-electron chi connectivity index (χ0n) is 9.70. The molecule has 0 atom stereocenters. The fourth-order valence-electron chi connectivity index (χ4n) is 1.74. The van der Waals surface area contributed by atoms with Crippen LogP contribution in [0.4, 0.5) is 10.3 Å². The highest BCUT2D eigenvalue weighted by atomic mass is 32.1. The van der Waals surface area contributed by atoms with E-state index in [-0.39, 0.29) is 5.91 Å². The summed E-state index contributed by atoms with van der Waals surface area (Å²) in [6.07, 6.45) is 1.60. The highest BCUT2D eigenvalue weighted by Gasteiger charge is 2.13. The SMILES string of the molecule is Nc1nnc(NC(=O)c2nccc3ccccc23)s1. The van der Waals surface area contributed by atoms with Crippen molar-refractivity contribution in [2.45, 2.75) is 0 Å². The first-order valence-corrected chi connectivity index (χ1v) is 6.30. The standard InChI is InChI=1S/C12H9N5OS/c13-11-16-17-12(19-11)15-10(18)9-8-4-2-1-3-7(8)5-6-14-9/h1-6H,(H2,13,16)(H,15,17,18). The van der Waals surface area contributed by atoms with E-state index in [1.807, 2.05) is 30.3 Å². The molecule has 0 bridgehead atoms. The van der Waals surface area contributed by atoms with Gasteiger partial charge < -0.3 is 5.73 Å². The number of carbonyl (C=O) groups excluding carboxylic acids is 1. The van der Waals surface area contributed by atoms with Crippen LogP contribution in [0.3, 0.4) is 0 Å². The van der Waals surface area contributed by atoms with E-state index in [1.165, 1.54) is 0 Å². The van der Waals surface area contributed by atoms with Crippen LogP contribution in [0.25, 0.3) is 10.8 Å². The normalized spacial score (nSPS) is 10.5. The van der Waals surface area contributed by atoms with Crippen LogP contribution in [0.2, 0.25) is 0 Å². The molecule has 2 heterocycles. The molecule has 0 unspecified atom stereocenters. The quantitative estimate of drug-likeness (QED) is 0.742. The third-order valence-corrected chi connectivity index (χ3v) is 3.22. The minimum atomic E-state index is -0.326. The Labute approximate surface area is 112 Å². The summed E-state index contributed by atoms with van der Waals surface area (Å²) in [4.78, 5) is 16.3. The van der Waals surface area contributed by atoms with Crippen LogP contribution < -0.4 is 11.1 Å². The maximum atomic E-state index is 12.2. The van der Waals surface area contributed by atoms with Gasteiger partial charge in [0.25, 0.3) is 5.91 Å². The Kier molecular flexibility index (Phi) is 2.81. The predicted molar refractivity (Wildman–Crippen MR) is 74.0 cm³/mol. The van der Waals surface area contributed by atoms with Crippen LogP contribution in [0, 0.1) is 0 Å². The van der Waals surface area contributed by atoms with Crippen molar-refractivity contribution in [1.82, 2.24) is 15.2 Å². The van der Waals surface area contributed by atoms with Crippen molar-refractivity contribution in [2.24, 2.45) is 0 Å². The minimum absolute atomic E-state index is 0.307. The Morgan fingerprint density at radius 1 is 1.21 bits per heavy atom. The van der Waals surface area contributed by atoms with Crippen LogP contribution in [0.5, 0.6) is 0 Å². The van der Waals surface area contributed by atoms with Gasteiger partial charge in [0.2, 0.25) is 10.3 Å². The van der Waals surface area contributed by atoms with Gasteiger partial charge in [-0.1, -0.05) is 35.6 Å². The van der Waals surface area contributed by atoms with E-state index in [0.717, 1.165) is 22.1 Å². The molecule has 0 radical (unpaired) electrons. The molecule has 0 saturated carbocycles. The molecular weight excluding hydrogens is 262 g/mol. The van der Waals surface area contributed by atoms with Gasteiger partial charge in [-0.25, -0.2) is 0 Å². The molecule has 3 rings (SSSR count). The Morgan fingerprint density at radius 3 is 2.84 bits per heavy atom. The molecule has 0 spiro atoms. The van der Waals surface area contributed by atoms with Gasteiger partial charge in [-0.2, -0.15) is 0 Å². The lowest BCUT2D eigenvalue weighted by atomic mass is 10.1. The van der Waals surface area contributed by atoms with E-state index >= 15 is 0 Å². The molecule has 0 aliphatic carbocycles. The van der Waals surface area contributed by atoms with Gasteiger partial charge in [0.05, 0.1) is 0 Å². The average molecular weight is 271 g/mol. The molecule has 3 aromatic rings.